The first kappa shape index (κ1) is 16.3. The molecule has 1 saturated heterocycles. The van der Waals surface area contributed by atoms with Crippen molar-refractivity contribution in [1.82, 2.24) is 9.88 Å². The molecule has 6 heteroatoms. The van der Waals surface area contributed by atoms with Gasteiger partial charge in [-0.1, -0.05) is 6.07 Å². The first-order chi connectivity index (χ1) is 11.7. The van der Waals surface area contributed by atoms with Gasteiger partial charge in [-0.2, -0.15) is 0 Å². The number of pyridine rings is 1. The van der Waals surface area contributed by atoms with Crippen molar-refractivity contribution in [2.24, 2.45) is 0 Å². The van der Waals surface area contributed by atoms with E-state index in [9.17, 15) is 4.79 Å². The Balaban J connectivity index is 1.47. The summed E-state index contributed by atoms with van der Waals surface area (Å²) in [5, 5.41) is 2.90. The largest absolute Gasteiger partial charge is 0.497 e. The Kier molecular flexibility index (Phi) is 5.28. The predicted molar refractivity (Wildman–Crippen MR) is 91.3 cm³/mol. The summed E-state index contributed by atoms with van der Waals surface area (Å²) in [4.78, 5) is 18.3. The third-order valence-electron chi connectivity index (χ3n) is 3.90. The van der Waals surface area contributed by atoms with Crippen molar-refractivity contribution in [3.05, 3.63) is 48.8 Å². The van der Waals surface area contributed by atoms with Gasteiger partial charge in [-0.15, -0.1) is 0 Å². The number of ether oxygens (including phenoxy) is 2. The molecule has 24 heavy (non-hydrogen) atoms. The maximum Gasteiger partial charge on any atom is 0.238 e. The summed E-state index contributed by atoms with van der Waals surface area (Å²) in [6, 6.07) is 11.0. The van der Waals surface area contributed by atoms with Crippen LogP contribution in [-0.2, 0) is 4.79 Å². The fourth-order valence-corrected chi connectivity index (χ4v) is 2.75. The summed E-state index contributed by atoms with van der Waals surface area (Å²) < 4.78 is 11.1. The summed E-state index contributed by atoms with van der Waals surface area (Å²) in [5.41, 5.74) is 0.739. The number of hydrogen-bond donors (Lipinski definition) is 1. The Hall–Kier alpha value is -2.60. The average molecular weight is 327 g/mol. The van der Waals surface area contributed by atoms with Crippen LogP contribution < -0.4 is 14.8 Å². The topological polar surface area (TPSA) is 63.7 Å². The van der Waals surface area contributed by atoms with Crippen molar-refractivity contribution in [3.8, 4) is 11.5 Å². The number of nitrogens with zero attached hydrogens (tertiary/aromatic N) is 2. The number of benzene rings is 1. The summed E-state index contributed by atoms with van der Waals surface area (Å²) in [7, 11) is 1.61. The minimum absolute atomic E-state index is 0.0344. The maximum atomic E-state index is 12.2. The second-order valence-corrected chi connectivity index (χ2v) is 5.73. The molecule has 2 heterocycles. The molecular formula is C18H21N3O3. The Bertz CT molecular complexity index is 678. The van der Waals surface area contributed by atoms with Crippen molar-refractivity contribution in [3.63, 3.8) is 0 Å². The number of aromatic nitrogens is 1. The highest BCUT2D eigenvalue weighted by Crippen LogP contribution is 2.19. The number of anilines is 1. The molecule has 1 fully saturated rings. The predicted octanol–water partition coefficient (Wildman–Crippen LogP) is 2.18. The fourth-order valence-electron chi connectivity index (χ4n) is 2.75. The number of carbonyl (C=O) groups excluding carboxylic acids is 1. The van der Waals surface area contributed by atoms with Gasteiger partial charge < -0.3 is 14.8 Å². The Morgan fingerprint density at radius 2 is 2.12 bits per heavy atom. The summed E-state index contributed by atoms with van der Waals surface area (Å²) in [6.45, 7) is 1.95. The molecule has 0 spiro atoms. The van der Waals surface area contributed by atoms with Gasteiger partial charge in [0.25, 0.3) is 0 Å². The third kappa shape index (κ3) is 4.45. The molecule has 0 bridgehead atoms. The van der Waals surface area contributed by atoms with E-state index in [0.29, 0.717) is 6.54 Å². The van der Waals surface area contributed by atoms with Crippen LogP contribution in [-0.4, -0.2) is 48.6 Å². The van der Waals surface area contributed by atoms with Crippen molar-refractivity contribution in [1.29, 1.82) is 0 Å². The molecule has 126 valence electrons. The van der Waals surface area contributed by atoms with E-state index in [0.717, 1.165) is 36.7 Å². The highest BCUT2D eigenvalue weighted by molar-refractivity contribution is 5.92. The molecule has 0 saturated carbocycles. The first-order valence-electron chi connectivity index (χ1n) is 7.96. The molecule has 1 aromatic carbocycles. The quantitative estimate of drug-likeness (QED) is 0.881. The molecule has 1 N–H and O–H groups in total. The lowest BCUT2D eigenvalue weighted by atomic mass is 10.3. The molecule has 0 unspecified atom stereocenters. The first-order valence-corrected chi connectivity index (χ1v) is 7.96. The lowest BCUT2D eigenvalue weighted by Gasteiger charge is -2.16. The van der Waals surface area contributed by atoms with Gasteiger partial charge in [0.1, 0.15) is 17.6 Å². The molecule has 1 aliphatic heterocycles. The van der Waals surface area contributed by atoms with Crippen molar-refractivity contribution >= 4 is 11.6 Å². The average Bonchev–Trinajstić information content (AvgIpc) is 3.02. The SMILES string of the molecule is COc1cccc(NC(=O)CN2CC[C@@H](Oc3ccncc3)C2)c1. The maximum absolute atomic E-state index is 12.2. The minimum Gasteiger partial charge on any atom is -0.497 e. The van der Waals surface area contributed by atoms with Gasteiger partial charge in [0.2, 0.25) is 5.91 Å². The Morgan fingerprint density at radius 3 is 2.92 bits per heavy atom. The smallest absolute Gasteiger partial charge is 0.238 e. The highest BCUT2D eigenvalue weighted by atomic mass is 16.5. The van der Waals surface area contributed by atoms with Gasteiger partial charge in [-0.25, -0.2) is 0 Å². The summed E-state index contributed by atoms with van der Waals surface area (Å²) >= 11 is 0. The van der Waals surface area contributed by atoms with E-state index in [4.69, 9.17) is 9.47 Å². The molecule has 0 radical (unpaired) electrons. The van der Waals surface area contributed by atoms with Crippen LogP contribution in [0, 0.1) is 0 Å². The zero-order valence-electron chi connectivity index (χ0n) is 13.6. The third-order valence-corrected chi connectivity index (χ3v) is 3.90. The summed E-state index contributed by atoms with van der Waals surface area (Å²) in [6.07, 6.45) is 4.44. The number of methoxy groups -OCH3 is 1. The van der Waals surface area contributed by atoms with E-state index < -0.39 is 0 Å². The number of likely N-dealkylation sites (tertiary alicyclic amines) is 1. The van der Waals surface area contributed by atoms with Crippen LogP contribution >= 0.6 is 0 Å². The van der Waals surface area contributed by atoms with E-state index in [-0.39, 0.29) is 12.0 Å². The van der Waals surface area contributed by atoms with Gasteiger partial charge in [-0.05, 0) is 30.7 Å². The van der Waals surface area contributed by atoms with Gasteiger partial charge in [0, 0.05) is 37.2 Å². The van der Waals surface area contributed by atoms with Gasteiger partial charge in [-0.3, -0.25) is 14.7 Å². The van der Waals surface area contributed by atoms with Crippen molar-refractivity contribution in [2.45, 2.75) is 12.5 Å². The van der Waals surface area contributed by atoms with E-state index in [1.54, 1.807) is 25.6 Å². The fraction of sp³-hybridized carbons (Fsp3) is 0.333. The number of carbonyl (C=O) groups is 1. The number of rotatable bonds is 6. The Labute approximate surface area is 141 Å². The van der Waals surface area contributed by atoms with E-state index in [2.05, 4.69) is 15.2 Å². The van der Waals surface area contributed by atoms with E-state index in [1.165, 1.54) is 0 Å². The molecule has 1 amide bonds. The molecule has 6 nitrogen and oxygen atoms in total. The molecule has 2 aromatic rings. The zero-order valence-corrected chi connectivity index (χ0v) is 13.6. The minimum atomic E-state index is -0.0344. The van der Waals surface area contributed by atoms with Crippen LogP contribution in [0.3, 0.4) is 0 Å². The monoisotopic (exact) mass is 327 g/mol. The van der Waals surface area contributed by atoms with Gasteiger partial charge in [0.15, 0.2) is 0 Å². The molecule has 1 aromatic heterocycles. The number of amides is 1. The second-order valence-electron chi connectivity index (χ2n) is 5.73. The molecular weight excluding hydrogens is 306 g/mol. The van der Waals surface area contributed by atoms with Gasteiger partial charge in [0.05, 0.1) is 13.7 Å². The van der Waals surface area contributed by atoms with Crippen molar-refractivity contribution < 1.29 is 14.3 Å². The zero-order chi connectivity index (χ0) is 16.8. The van der Waals surface area contributed by atoms with Crippen molar-refractivity contribution in [2.75, 3.05) is 32.1 Å². The molecule has 3 rings (SSSR count). The van der Waals surface area contributed by atoms with Crippen LogP contribution in [0.2, 0.25) is 0 Å². The van der Waals surface area contributed by atoms with Gasteiger partial charge >= 0.3 is 0 Å². The lowest BCUT2D eigenvalue weighted by molar-refractivity contribution is -0.117. The lowest BCUT2D eigenvalue weighted by Crippen LogP contribution is -2.33. The van der Waals surface area contributed by atoms with Crippen LogP contribution in [0.5, 0.6) is 11.5 Å². The van der Waals surface area contributed by atoms with E-state index in [1.807, 2.05) is 30.3 Å². The molecule has 1 aliphatic rings. The highest BCUT2D eigenvalue weighted by Gasteiger charge is 2.25. The Morgan fingerprint density at radius 1 is 1.29 bits per heavy atom. The van der Waals surface area contributed by atoms with Crippen LogP contribution in [0.1, 0.15) is 6.42 Å². The normalized spacial score (nSPS) is 17.5. The number of hydrogen-bond acceptors (Lipinski definition) is 5. The molecule has 1 atom stereocenters. The van der Waals surface area contributed by atoms with Crippen LogP contribution in [0.25, 0.3) is 0 Å². The van der Waals surface area contributed by atoms with Crippen LogP contribution in [0.15, 0.2) is 48.8 Å². The summed E-state index contributed by atoms with van der Waals surface area (Å²) in [5.74, 6) is 1.50. The van der Waals surface area contributed by atoms with Crippen LogP contribution in [0.4, 0.5) is 5.69 Å². The number of nitrogens with one attached hydrogen (secondary N) is 1. The molecule has 0 aliphatic carbocycles. The second kappa shape index (κ2) is 7.79. The van der Waals surface area contributed by atoms with E-state index >= 15 is 0 Å². The standard InChI is InChI=1S/C18H21N3O3/c1-23-16-4-2-3-14(11-16)20-18(22)13-21-10-7-17(12-21)24-15-5-8-19-9-6-15/h2-6,8-9,11,17H,7,10,12-13H2,1H3,(H,20,22)/t17-/m1/s1.